The highest BCUT2D eigenvalue weighted by atomic mass is 16.6. The van der Waals surface area contributed by atoms with Crippen molar-refractivity contribution in [3.05, 3.63) is 45.3 Å². The molecule has 0 radical (unpaired) electrons. The molecule has 1 aromatic rings. The van der Waals surface area contributed by atoms with Crippen molar-refractivity contribution in [2.45, 2.75) is 19.8 Å². The number of nitrogens with one attached hydrogen (secondary N) is 1. The van der Waals surface area contributed by atoms with E-state index in [4.69, 9.17) is 10.8 Å². The Labute approximate surface area is 125 Å². The van der Waals surface area contributed by atoms with Crippen LogP contribution in [0.2, 0.25) is 0 Å². The largest absolute Gasteiger partial charge is 0.510 e. The van der Waals surface area contributed by atoms with Crippen LogP contribution in [0.1, 0.15) is 18.4 Å². The summed E-state index contributed by atoms with van der Waals surface area (Å²) in [6, 6.07) is 4.06. The number of nitrogens with zero attached hydrogens (tertiary/aromatic N) is 1. The first-order valence-corrected chi connectivity index (χ1v) is 6.18. The number of benzene rings is 1. The Morgan fingerprint density at radius 1 is 1.32 bits per heavy atom. The van der Waals surface area contributed by atoms with Gasteiger partial charge in [-0.25, -0.2) is 0 Å². The third-order valence-electron chi connectivity index (χ3n) is 2.79. The summed E-state index contributed by atoms with van der Waals surface area (Å²) < 4.78 is 0. The summed E-state index contributed by atoms with van der Waals surface area (Å²) in [6.45, 7) is 1.55. The lowest BCUT2D eigenvalue weighted by Gasteiger charge is -2.08. The van der Waals surface area contributed by atoms with E-state index >= 15 is 0 Å². The summed E-state index contributed by atoms with van der Waals surface area (Å²) in [6.07, 6.45) is -0.668. The van der Waals surface area contributed by atoms with Gasteiger partial charge in [-0.05, 0) is 13.0 Å². The molecular weight excluding hydrogens is 294 g/mol. The van der Waals surface area contributed by atoms with Gasteiger partial charge in [0.25, 0.3) is 11.6 Å². The van der Waals surface area contributed by atoms with Gasteiger partial charge in [0.05, 0.1) is 11.3 Å². The predicted molar refractivity (Wildman–Crippen MR) is 77.2 cm³/mol. The standard InChI is InChI=1S/C13H15N3O6/c1-7-2-3-8(6-9(7)16(21)22)15-13(20)12(14)10(17)4-5-11(18)19/h2-3,6,17H,4-5,14H2,1H3,(H,15,20)(H,18,19)/b12-10-. The number of nitro benzene ring substituents is 1. The van der Waals surface area contributed by atoms with Crippen molar-refractivity contribution in [3.8, 4) is 0 Å². The van der Waals surface area contributed by atoms with Crippen LogP contribution in [0.25, 0.3) is 0 Å². The fourth-order valence-corrected chi connectivity index (χ4v) is 1.57. The molecule has 0 aromatic heterocycles. The molecular formula is C13H15N3O6. The molecule has 0 fully saturated rings. The summed E-state index contributed by atoms with van der Waals surface area (Å²) in [4.78, 5) is 32.4. The molecule has 1 aromatic carbocycles. The van der Waals surface area contributed by atoms with Crippen molar-refractivity contribution >= 4 is 23.3 Å². The third kappa shape index (κ3) is 4.47. The van der Waals surface area contributed by atoms with Gasteiger partial charge in [0.2, 0.25) is 0 Å². The van der Waals surface area contributed by atoms with Crippen molar-refractivity contribution in [2.75, 3.05) is 5.32 Å². The Bertz CT molecular complexity index is 653. The molecule has 0 saturated heterocycles. The van der Waals surface area contributed by atoms with E-state index in [1.807, 2.05) is 0 Å². The molecule has 0 unspecified atom stereocenters. The average Bonchev–Trinajstić information content (AvgIpc) is 2.45. The minimum absolute atomic E-state index is 0.135. The number of nitro groups is 1. The lowest BCUT2D eigenvalue weighted by molar-refractivity contribution is -0.385. The quantitative estimate of drug-likeness (QED) is 0.268. The fraction of sp³-hybridized carbons (Fsp3) is 0.231. The Hall–Kier alpha value is -3.10. The molecule has 0 aliphatic heterocycles. The monoisotopic (exact) mass is 309 g/mol. The first-order chi connectivity index (χ1) is 10.2. The number of nitrogens with two attached hydrogens (primary N) is 1. The topological polar surface area (TPSA) is 156 Å². The zero-order valence-corrected chi connectivity index (χ0v) is 11.7. The lowest BCUT2D eigenvalue weighted by atomic mass is 10.1. The van der Waals surface area contributed by atoms with E-state index in [1.165, 1.54) is 12.1 Å². The second kappa shape index (κ2) is 7.07. The number of carbonyl (C=O) groups excluding carboxylic acids is 1. The number of hydrogen-bond acceptors (Lipinski definition) is 6. The van der Waals surface area contributed by atoms with E-state index in [-0.39, 0.29) is 24.2 Å². The molecule has 0 aliphatic rings. The van der Waals surface area contributed by atoms with Crippen molar-refractivity contribution in [1.29, 1.82) is 0 Å². The van der Waals surface area contributed by atoms with Gasteiger partial charge < -0.3 is 21.3 Å². The number of carboxylic acid groups (broad SMARTS) is 1. The molecule has 9 nitrogen and oxygen atoms in total. The van der Waals surface area contributed by atoms with Gasteiger partial charge in [-0.1, -0.05) is 6.07 Å². The fourth-order valence-electron chi connectivity index (χ4n) is 1.57. The van der Waals surface area contributed by atoms with Crippen molar-refractivity contribution in [1.82, 2.24) is 0 Å². The molecule has 5 N–H and O–H groups in total. The molecule has 1 amide bonds. The molecule has 0 saturated carbocycles. The summed E-state index contributed by atoms with van der Waals surface area (Å²) >= 11 is 0. The SMILES string of the molecule is Cc1ccc(NC(=O)/C(N)=C(/O)CCC(=O)O)cc1[N+](=O)[O-]. The normalized spacial score (nSPS) is 11.5. The van der Waals surface area contributed by atoms with Crippen LogP contribution in [-0.2, 0) is 9.59 Å². The highest BCUT2D eigenvalue weighted by Crippen LogP contribution is 2.22. The van der Waals surface area contributed by atoms with Crippen LogP contribution in [0.3, 0.4) is 0 Å². The number of aryl methyl sites for hydroxylation is 1. The first kappa shape index (κ1) is 17.0. The maximum absolute atomic E-state index is 11.8. The Morgan fingerprint density at radius 3 is 2.50 bits per heavy atom. The van der Waals surface area contributed by atoms with Crippen LogP contribution in [-0.4, -0.2) is 27.0 Å². The van der Waals surface area contributed by atoms with Crippen molar-refractivity contribution < 1.29 is 24.7 Å². The van der Waals surface area contributed by atoms with Crippen LogP contribution in [0, 0.1) is 17.0 Å². The zero-order valence-electron chi connectivity index (χ0n) is 11.7. The van der Waals surface area contributed by atoms with Gasteiger partial charge in [0.15, 0.2) is 0 Å². The average molecular weight is 309 g/mol. The first-order valence-electron chi connectivity index (χ1n) is 6.18. The number of carbonyl (C=O) groups is 2. The van der Waals surface area contributed by atoms with Crippen molar-refractivity contribution in [2.24, 2.45) is 5.73 Å². The highest BCUT2D eigenvalue weighted by Gasteiger charge is 2.16. The smallest absolute Gasteiger partial charge is 0.303 e. The van der Waals surface area contributed by atoms with Crippen LogP contribution in [0.4, 0.5) is 11.4 Å². The lowest BCUT2D eigenvalue weighted by Crippen LogP contribution is -2.22. The minimum Gasteiger partial charge on any atom is -0.510 e. The number of aliphatic hydroxyl groups excluding tert-OH is 1. The second-order valence-electron chi connectivity index (χ2n) is 4.47. The summed E-state index contributed by atoms with van der Waals surface area (Å²) in [5.74, 6) is -2.57. The molecule has 0 heterocycles. The van der Waals surface area contributed by atoms with E-state index in [0.717, 1.165) is 6.07 Å². The molecule has 0 spiro atoms. The van der Waals surface area contributed by atoms with Crippen LogP contribution >= 0.6 is 0 Å². The second-order valence-corrected chi connectivity index (χ2v) is 4.47. The van der Waals surface area contributed by atoms with Crippen LogP contribution in [0.15, 0.2) is 29.7 Å². The molecule has 118 valence electrons. The molecule has 0 aliphatic carbocycles. The summed E-state index contributed by atoms with van der Waals surface area (Å²) in [5, 5.41) is 31.1. The molecule has 9 heteroatoms. The van der Waals surface area contributed by atoms with Gasteiger partial charge in [0.1, 0.15) is 11.5 Å². The van der Waals surface area contributed by atoms with Gasteiger partial charge in [-0.2, -0.15) is 0 Å². The molecule has 1 rings (SSSR count). The number of anilines is 1. The number of aliphatic hydroxyl groups is 1. The van der Waals surface area contributed by atoms with E-state index in [2.05, 4.69) is 5.32 Å². The molecule has 0 atom stereocenters. The summed E-state index contributed by atoms with van der Waals surface area (Å²) in [7, 11) is 0. The Balaban J connectivity index is 2.88. The molecule has 0 bridgehead atoms. The maximum atomic E-state index is 11.8. The predicted octanol–water partition coefficient (Wildman–Crippen LogP) is 1.43. The van der Waals surface area contributed by atoms with Crippen LogP contribution < -0.4 is 11.1 Å². The number of rotatable bonds is 6. The Morgan fingerprint density at radius 2 is 1.95 bits per heavy atom. The minimum atomic E-state index is -1.14. The Kier molecular flexibility index (Phi) is 5.44. The van der Waals surface area contributed by atoms with E-state index in [0.29, 0.717) is 5.56 Å². The van der Waals surface area contributed by atoms with E-state index < -0.39 is 28.3 Å². The highest BCUT2D eigenvalue weighted by molar-refractivity contribution is 6.03. The number of aliphatic carboxylic acids is 1. The van der Waals surface area contributed by atoms with Gasteiger partial charge in [0, 0.05) is 23.7 Å². The van der Waals surface area contributed by atoms with Crippen molar-refractivity contribution in [3.63, 3.8) is 0 Å². The zero-order chi connectivity index (χ0) is 16.9. The van der Waals surface area contributed by atoms with E-state index in [9.17, 15) is 24.8 Å². The summed E-state index contributed by atoms with van der Waals surface area (Å²) in [5.41, 5.74) is 5.27. The number of amides is 1. The third-order valence-corrected chi connectivity index (χ3v) is 2.79. The van der Waals surface area contributed by atoms with Crippen LogP contribution in [0.5, 0.6) is 0 Å². The van der Waals surface area contributed by atoms with Gasteiger partial charge in [-0.15, -0.1) is 0 Å². The van der Waals surface area contributed by atoms with E-state index in [1.54, 1.807) is 6.92 Å². The molecule has 22 heavy (non-hydrogen) atoms. The number of hydrogen-bond donors (Lipinski definition) is 4. The maximum Gasteiger partial charge on any atom is 0.303 e. The van der Waals surface area contributed by atoms with Gasteiger partial charge in [-0.3, -0.25) is 19.7 Å². The number of carboxylic acids is 1. The van der Waals surface area contributed by atoms with Gasteiger partial charge >= 0.3 is 5.97 Å². The number of allylic oxidation sites excluding steroid dienone is 1.